The minimum atomic E-state index is -0.432. The maximum absolute atomic E-state index is 10.9. The molecule has 0 spiro atoms. The van der Waals surface area contributed by atoms with Gasteiger partial charge in [0.15, 0.2) is 0 Å². The van der Waals surface area contributed by atoms with Crippen molar-refractivity contribution in [3.8, 4) is 0 Å². The maximum atomic E-state index is 10.9. The molecule has 1 N–H and O–H groups in total. The van der Waals surface area contributed by atoms with E-state index in [-0.39, 0.29) is 5.69 Å². The van der Waals surface area contributed by atoms with E-state index in [1.807, 2.05) is 65.6 Å². The Balaban J connectivity index is 1.50. The minimum Gasteiger partial charge on any atom is -0.341 e. The van der Waals surface area contributed by atoms with Gasteiger partial charge in [0.25, 0.3) is 5.69 Å². The molecule has 1 saturated heterocycles. The van der Waals surface area contributed by atoms with E-state index in [0.29, 0.717) is 23.4 Å². The number of aromatic nitrogens is 3. The molecular formula is C27H26N8O2. The van der Waals surface area contributed by atoms with E-state index in [1.165, 1.54) is 18.6 Å². The van der Waals surface area contributed by atoms with E-state index in [2.05, 4.69) is 20.4 Å². The van der Waals surface area contributed by atoms with E-state index < -0.39 is 4.92 Å². The van der Waals surface area contributed by atoms with E-state index in [0.717, 1.165) is 37.3 Å². The maximum Gasteiger partial charge on any atom is 0.269 e. The lowest BCUT2D eigenvalue weighted by molar-refractivity contribution is -0.384. The van der Waals surface area contributed by atoms with Crippen LogP contribution in [0.1, 0.15) is 24.8 Å². The van der Waals surface area contributed by atoms with E-state index in [1.54, 1.807) is 18.3 Å². The first-order valence-electron chi connectivity index (χ1n) is 12.1. The van der Waals surface area contributed by atoms with Crippen LogP contribution in [0.25, 0.3) is 0 Å². The number of hydrazone groups is 1. The van der Waals surface area contributed by atoms with Gasteiger partial charge >= 0.3 is 0 Å². The summed E-state index contributed by atoms with van der Waals surface area (Å²) >= 11 is 0. The van der Waals surface area contributed by atoms with Gasteiger partial charge in [0.1, 0.15) is 0 Å². The topological polar surface area (TPSA) is 113 Å². The van der Waals surface area contributed by atoms with E-state index in [9.17, 15) is 10.1 Å². The molecule has 4 aromatic rings. The Bertz CT molecular complexity index is 1320. The molecule has 0 amide bonds. The highest BCUT2D eigenvalue weighted by Crippen LogP contribution is 2.33. The molecule has 37 heavy (non-hydrogen) atoms. The molecule has 10 nitrogen and oxygen atoms in total. The van der Waals surface area contributed by atoms with Gasteiger partial charge < -0.3 is 4.90 Å². The predicted molar refractivity (Wildman–Crippen MR) is 145 cm³/mol. The Morgan fingerprint density at radius 3 is 2.05 bits per heavy atom. The van der Waals surface area contributed by atoms with Crippen molar-refractivity contribution in [2.45, 2.75) is 19.3 Å². The van der Waals surface area contributed by atoms with Crippen molar-refractivity contribution in [2.24, 2.45) is 5.10 Å². The molecule has 186 valence electrons. The SMILES string of the molecule is O=[N+]([O-])c1ccc(/C=N\Nc2nc(N3CCCCC3)nc(N(c3ccccc3)c3ccccc3)n2)cc1. The highest BCUT2D eigenvalue weighted by Gasteiger charge is 2.21. The van der Waals surface area contributed by atoms with Crippen LogP contribution >= 0.6 is 0 Å². The number of non-ortho nitro benzene ring substituents is 1. The summed E-state index contributed by atoms with van der Waals surface area (Å²) in [6, 6.07) is 26.0. The predicted octanol–water partition coefficient (Wildman–Crippen LogP) is 5.69. The molecule has 0 radical (unpaired) electrons. The number of rotatable bonds is 8. The standard InChI is InChI=1S/C27H26N8O2/c36-35(37)24-16-14-21(15-17-24)20-28-32-25-29-26(33-18-8-3-9-19-33)31-27(30-25)34(22-10-4-1-5-11-22)23-12-6-2-7-13-23/h1-2,4-7,10-17,20H,3,8-9,18-19H2,(H,29,30,31,32)/b28-20-. The molecule has 1 fully saturated rings. The lowest BCUT2D eigenvalue weighted by Crippen LogP contribution is -2.31. The van der Waals surface area contributed by atoms with Crippen molar-refractivity contribution in [1.29, 1.82) is 0 Å². The highest BCUT2D eigenvalue weighted by molar-refractivity contribution is 5.80. The number of hydrogen-bond acceptors (Lipinski definition) is 9. The molecule has 0 saturated carbocycles. The van der Waals surface area contributed by atoms with Gasteiger partial charge in [0.2, 0.25) is 17.8 Å². The lowest BCUT2D eigenvalue weighted by Gasteiger charge is -2.28. The third-order valence-corrected chi connectivity index (χ3v) is 5.96. The van der Waals surface area contributed by atoms with Gasteiger partial charge in [0, 0.05) is 36.6 Å². The van der Waals surface area contributed by atoms with Crippen molar-refractivity contribution >= 4 is 41.1 Å². The van der Waals surface area contributed by atoms with Gasteiger partial charge in [-0.25, -0.2) is 5.43 Å². The zero-order chi connectivity index (χ0) is 25.5. The van der Waals surface area contributed by atoms with Crippen molar-refractivity contribution in [3.05, 3.63) is 101 Å². The fourth-order valence-electron chi connectivity index (χ4n) is 4.12. The smallest absolute Gasteiger partial charge is 0.269 e. The van der Waals surface area contributed by atoms with Gasteiger partial charge in [-0.2, -0.15) is 20.1 Å². The molecule has 1 aliphatic rings. The van der Waals surface area contributed by atoms with E-state index in [4.69, 9.17) is 9.97 Å². The molecule has 3 aromatic carbocycles. The summed E-state index contributed by atoms with van der Waals surface area (Å²) < 4.78 is 0. The Morgan fingerprint density at radius 1 is 0.838 bits per heavy atom. The molecule has 0 bridgehead atoms. The summed E-state index contributed by atoms with van der Waals surface area (Å²) in [5.41, 5.74) is 5.51. The summed E-state index contributed by atoms with van der Waals surface area (Å²) in [6.45, 7) is 1.76. The molecule has 2 heterocycles. The summed E-state index contributed by atoms with van der Waals surface area (Å²) in [7, 11) is 0. The quantitative estimate of drug-likeness (QED) is 0.189. The van der Waals surface area contributed by atoms with Crippen molar-refractivity contribution < 1.29 is 4.92 Å². The third-order valence-electron chi connectivity index (χ3n) is 5.96. The Hall–Kier alpha value is -4.86. The average Bonchev–Trinajstić information content (AvgIpc) is 2.95. The first kappa shape index (κ1) is 23.9. The fourth-order valence-corrected chi connectivity index (χ4v) is 4.12. The molecule has 1 aromatic heterocycles. The molecular weight excluding hydrogens is 468 g/mol. The van der Waals surface area contributed by atoms with Gasteiger partial charge in [-0.05, 0) is 61.2 Å². The minimum absolute atomic E-state index is 0.0281. The number of anilines is 5. The van der Waals surface area contributed by atoms with Crippen LogP contribution in [0, 0.1) is 10.1 Å². The molecule has 0 unspecified atom stereocenters. The second-order valence-electron chi connectivity index (χ2n) is 8.53. The van der Waals surface area contributed by atoms with Crippen LogP contribution in [-0.2, 0) is 0 Å². The fraction of sp³-hybridized carbons (Fsp3) is 0.185. The largest absolute Gasteiger partial charge is 0.341 e. The number of nitrogens with zero attached hydrogens (tertiary/aromatic N) is 7. The Kier molecular flexibility index (Phi) is 7.26. The van der Waals surface area contributed by atoms with Crippen molar-refractivity contribution in [1.82, 2.24) is 15.0 Å². The van der Waals surface area contributed by atoms with Crippen LogP contribution < -0.4 is 15.2 Å². The summed E-state index contributed by atoms with van der Waals surface area (Å²) in [5, 5.41) is 15.2. The monoisotopic (exact) mass is 494 g/mol. The normalized spacial score (nSPS) is 13.5. The van der Waals surface area contributed by atoms with Gasteiger partial charge in [-0.1, -0.05) is 36.4 Å². The number of nitro benzene ring substituents is 1. The van der Waals surface area contributed by atoms with Crippen molar-refractivity contribution in [2.75, 3.05) is 28.3 Å². The second kappa shape index (κ2) is 11.3. The number of para-hydroxylation sites is 2. The zero-order valence-electron chi connectivity index (χ0n) is 20.1. The van der Waals surface area contributed by atoms with Gasteiger partial charge in [-0.15, -0.1) is 0 Å². The van der Waals surface area contributed by atoms with Gasteiger partial charge in [-0.3, -0.25) is 15.0 Å². The zero-order valence-corrected chi connectivity index (χ0v) is 20.1. The molecule has 0 atom stereocenters. The summed E-state index contributed by atoms with van der Waals surface area (Å²) in [5.74, 6) is 1.37. The number of nitrogens with one attached hydrogen (secondary N) is 1. The van der Waals surface area contributed by atoms with Crippen LogP contribution in [0.2, 0.25) is 0 Å². The van der Waals surface area contributed by atoms with Crippen LogP contribution in [0.3, 0.4) is 0 Å². The first-order valence-corrected chi connectivity index (χ1v) is 12.1. The molecule has 10 heteroatoms. The molecule has 5 rings (SSSR count). The van der Waals surface area contributed by atoms with E-state index >= 15 is 0 Å². The van der Waals surface area contributed by atoms with Crippen LogP contribution in [0.15, 0.2) is 90.0 Å². The van der Waals surface area contributed by atoms with Gasteiger partial charge in [0.05, 0.1) is 11.1 Å². The molecule has 1 aliphatic heterocycles. The first-order chi connectivity index (χ1) is 18.2. The average molecular weight is 495 g/mol. The van der Waals surface area contributed by atoms with Crippen LogP contribution in [-0.4, -0.2) is 39.2 Å². The summed E-state index contributed by atoms with van der Waals surface area (Å²) in [4.78, 5) is 28.9. The Morgan fingerprint density at radius 2 is 1.46 bits per heavy atom. The highest BCUT2D eigenvalue weighted by atomic mass is 16.6. The molecule has 0 aliphatic carbocycles. The van der Waals surface area contributed by atoms with Crippen molar-refractivity contribution in [3.63, 3.8) is 0 Å². The van der Waals surface area contributed by atoms with Crippen LogP contribution in [0.5, 0.6) is 0 Å². The lowest BCUT2D eigenvalue weighted by atomic mass is 10.1. The third kappa shape index (κ3) is 5.87. The number of nitro groups is 1. The number of benzene rings is 3. The number of piperidine rings is 1. The number of hydrogen-bond donors (Lipinski definition) is 1. The Labute approximate surface area is 214 Å². The van der Waals surface area contributed by atoms with Crippen LogP contribution in [0.4, 0.5) is 34.9 Å². The second-order valence-corrected chi connectivity index (χ2v) is 8.53. The summed E-state index contributed by atoms with van der Waals surface area (Å²) in [6.07, 6.45) is 4.94.